The van der Waals surface area contributed by atoms with E-state index in [9.17, 15) is 9.59 Å². The Labute approximate surface area is 167 Å². The Kier molecular flexibility index (Phi) is 12.5. The van der Waals surface area contributed by atoms with Gasteiger partial charge in [-0.05, 0) is 18.6 Å². The van der Waals surface area contributed by atoms with Gasteiger partial charge in [-0.15, -0.1) is 0 Å². The van der Waals surface area contributed by atoms with Crippen molar-refractivity contribution < 1.29 is 33.3 Å². The van der Waals surface area contributed by atoms with Gasteiger partial charge in [0.2, 0.25) is 5.75 Å². The molecule has 7 heteroatoms. The first-order chi connectivity index (χ1) is 13.6. The van der Waals surface area contributed by atoms with Crippen LogP contribution in [0.1, 0.15) is 51.9 Å². The van der Waals surface area contributed by atoms with Crippen molar-refractivity contribution in [1.82, 2.24) is 0 Å². The van der Waals surface area contributed by atoms with E-state index in [1.165, 1.54) is 39.9 Å². The van der Waals surface area contributed by atoms with Gasteiger partial charge in [-0.3, -0.25) is 0 Å². The standard InChI is InChI=1S/C21H32O7/c1-4-5-6-7-8-9-10-14-27-19(22)15-26-16-20(23)28-21-17(24-2)12-11-13-18(21)25-3/h11-13H,4-10,14-16H2,1-3H3. The normalized spacial score (nSPS) is 10.4. The molecule has 0 fully saturated rings. The summed E-state index contributed by atoms with van der Waals surface area (Å²) >= 11 is 0. The van der Waals surface area contributed by atoms with Crippen molar-refractivity contribution >= 4 is 11.9 Å². The molecule has 0 amide bonds. The predicted octanol–water partition coefficient (Wildman–Crippen LogP) is 3.92. The summed E-state index contributed by atoms with van der Waals surface area (Å²) in [4.78, 5) is 23.5. The summed E-state index contributed by atoms with van der Waals surface area (Å²) in [6, 6.07) is 5.01. The molecule has 1 aromatic rings. The van der Waals surface area contributed by atoms with E-state index in [2.05, 4.69) is 6.92 Å². The number of carbonyl (C=O) groups excluding carboxylic acids is 2. The molecule has 0 spiro atoms. The molecule has 0 atom stereocenters. The van der Waals surface area contributed by atoms with E-state index in [1.54, 1.807) is 18.2 Å². The third-order valence-corrected chi connectivity index (χ3v) is 4.05. The number of para-hydroxylation sites is 1. The van der Waals surface area contributed by atoms with Crippen molar-refractivity contribution in [3.05, 3.63) is 18.2 Å². The number of hydrogen-bond donors (Lipinski definition) is 0. The van der Waals surface area contributed by atoms with Gasteiger partial charge in [0.05, 0.1) is 20.8 Å². The van der Waals surface area contributed by atoms with Crippen molar-refractivity contribution in [2.45, 2.75) is 51.9 Å². The van der Waals surface area contributed by atoms with Gasteiger partial charge >= 0.3 is 11.9 Å². The van der Waals surface area contributed by atoms with Crippen LogP contribution in [0, 0.1) is 0 Å². The minimum absolute atomic E-state index is 0.169. The zero-order valence-corrected chi connectivity index (χ0v) is 17.2. The topological polar surface area (TPSA) is 80.3 Å². The highest BCUT2D eigenvalue weighted by Gasteiger charge is 2.16. The highest BCUT2D eigenvalue weighted by Crippen LogP contribution is 2.36. The van der Waals surface area contributed by atoms with Crippen molar-refractivity contribution in [3.8, 4) is 17.2 Å². The highest BCUT2D eigenvalue weighted by molar-refractivity contribution is 5.76. The lowest BCUT2D eigenvalue weighted by atomic mass is 10.1. The van der Waals surface area contributed by atoms with Gasteiger partial charge in [-0.1, -0.05) is 51.5 Å². The summed E-state index contributed by atoms with van der Waals surface area (Å²) in [5, 5.41) is 0. The largest absolute Gasteiger partial charge is 0.493 e. The van der Waals surface area contributed by atoms with E-state index in [0.29, 0.717) is 18.1 Å². The second-order valence-electron chi connectivity index (χ2n) is 6.30. The summed E-state index contributed by atoms with van der Waals surface area (Å²) in [5.74, 6) is -0.262. The molecule has 0 saturated heterocycles. The molecule has 0 aliphatic carbocycles. The summed E-state index contributed by atoms with van der Waals surface area (Å²) in [5.41, 5.74) is 0. The molecule has 0 radical (unpaired) electrons. The molecule has 0 bridgehead atoms. The molecular formula is C21H32O7. The fourth-order valence-corrected chi connectivity index (χ4v) is 2.57. The molecular weight excluding hydrogens is 364 g/mol. The fourth-order valence-electron chi connectivity index (χ4n) is 2.57. The van der Waals surface area contributed by atoms with E-state index < -0.39 is 11.9 Å². The third kappa shape index (κ3) is 9.60. The Morgan fingerprint density at radius 3 is 2.00 bits per heavy atom. The summed E-state index contributed by atoms with van der Waals surface area (Å²) in [6.45, 7) is 1.89. The molecule has 28 heavy (non-hydrogen) atoms. The number of benzene rings is 1. The predicted molar refractivity (Wildman–Crippen MR) is 105 cm³/mol. The molecule has 1 aromatic carbocycles. The summed E-state index contributed by atoms with van der Waals surface area (Å²) < 4.78 is 25.7. The van der Waals surface area contributed by atoms with Gasteiger partial charge in [0.1, 0.15) is 13.2 Å². The van der Waals surface area contributed by atoms with Gasteiger partial charge in [0.15, 0.2) is 11.5 Å². The zero-order valence-electron chi connectivity index (χ0n) is 17.2. The van der Waals surface area contributed by atoms with Crippen LogP contribution in [-0.2, 0) is 19.1 Å². The molecule has 7 nitrogen and oxygen atoms in total. The Balaban J connectivity index is 2.19. The van der Waals surface area contributed by atoms with Crippen molar-refractivity contribution in [1.29, 1.82) is 0 Å². The first-order valence-electron chi connectivity index (χ1n) is 9.77. The van der Waals surface area contributed by atoms with Crippen molar-refractivity contribution in [3.63, 3.8) is 0 Å². The number of esters is 2. The fraction of sp³-hybridized carbons (Fsp3) is 0.619. The minimum atomic E-state index is -0.664. The van der Waals surface area contributed by atoms with Crippen LogP contribution in [-0.4, -0.2) is 46.0 Å². The molecule has 0 saturated carbocycles. The average Bonchev–Trinajstić information content (AvgIpc) is 2.70. The van der Waals surface area contributed by atoms with Crippen LogP contribution in [0.3, 0.4) is 0 Å². The smallest absolute Gasteiger partial charge is 0.337 e. The van der Waals surface area contributed by atoms with E-state index in [1.807, 2.05) is 0 Å². The zero-order chi connectivity index (χ0) is 20.6. The molecule has 158 valence electrons. The molecule has 0 aliphatic heterocycles. The van der Waals surface area contributed by atoms with Gasteiger partial charge < -0.3 is 23.7 Å². The average molecular weight is 396 g/mol. The molecule has 1 rings (SSSR count). The number of hydrogen-bond acceptors (Lipinski definition) is 7. The minimum Gasteiger partial charge on any atom is -0.493 e. The highest BCUT2D eigenvalue weighted by atomic mass is 16.6. The quantitative estimate of drug-likeness (QED) is 0.252. The van der Waals surface area contributed by atoms with Crippen LogP contribution >= 0.6 is 0 Å². The Morgan fingerprint density at radius 2 is 1.39 bits per heavy atom. The number of rotatable bonds is 15. The van der Waals surface area contributed by atoms with Crippen molar-refractivity contribution in [2.75, 3.05) is 34.0 Å². The van der Waals surface area contributed by atoms with Gasteiger partial charge in [-0.25, -0.2) is 9.59 Å². The second kappa shape index (κ2) is 14.7. The van der Waals surface area contributed by atoms with Crippen LogP contribution in [0.25, 0.3) is 0 Å². The lowest BCUT2D eigenvalue weighted by Gasteiger charge is -2.12. The maximum Gasteiger partial charge on any atom is 0.337 e. The van der Waals surface area contributed by atoms with Crippen LogP contribution in [0.4, 0.5) is 0 Å². The lowest BCUT2D eigenvalue weighted by Crippen LogP contribution is -2.20. The Bertz CT molecular complexity index is 564. The number of ether oxygens (including phenoxy) is 5. The van der Waals surface area contributed by atoms with E-state index in [0.717, 1.165) is 19.3 Å². The molecule has 0 N–H and O–H groups in total. The monoisotopic (exact) mass is 396 g/mol. The number of methoxy groups -OCH3 is 2. The first kappa shape index (κ1) is 23.8. The van der Waals surface area contributed by atoms with E-state index in [-0.39, 0.29) is 19.0 Å². The van der Waals surface area contributed by atoms with Crippen LogP contribution in [0.5, 0.6) is 17.2 Å². The van der Waals surface area contributed by atoms with Gasteiger partial charge in [-0.2, -0.15) is 0 Å². The first-order valence-corrected chi connectivity index (χ1v) is 9.77. The van der Waals surface area contributed by atoms with Crippen LogP contribution < -0.4 is 14.2 Å². The number of carbonyl (C=O) groups is 2. The SMILES string of the molecule is CCCCCCCCCOC(=O)COCC(=O)Oc1c(OC)cccc1OC. The maximum atomic E-state index is 11.9. The number of unbranched alkanes of at least 4 members (excludes halogenated alkanes) is 6. The Morgan fingerprint density at radius 1 is 0.821 bits per heavy atom. The lowest BCUT2D eigenvalue weighted by molar-refractivity contribution is -0.152. The maximum absolute atomic E-state index is 11.9. The van der Waals surface area contributed by atoms with E-state index >= 15 is 0 Å². The molecule has 0 unspecified atom stereocenters. The van der Waals surface area contributed by atoms with Crippen LogP contribution in [0.15, 0.2) is 18.2 Å². The third-order valence-electron chi connectivity index (χ3n) is 4.05. The van der Waals surface area contributed by atoms with E-state index in [4.69, 9.17) is 23.7 Å². The molecule has 0 aromatic heterocycles. The van der Waals surface area contributed by atoms with Gasteiger partial charge in [0, 0.05) is 0 Å². The van der Waals surface area contributed by atoms with Crippen LogP contribution in [0.2, 0.25) is 0 Å². The molecule has 0 aliphatic rings. The molecule has 0 heterocycles. The Hall–Kier alpha value is -2.28. The summed E-state index contributed by atoms with van der Waals surface area (Å²) in [6.07, 6.45) is 8.05. The van der Waals surface area contributed by atoms with Crippen molar-refractivity contribution in [2.24, 2.45) is 0 Å². The second-order valence-corrected chi connectivity index (χ2v) is 6.30. The summed E-state index contributed by atoms with van der Waals surface area (Å²) in [7, 11) is 2.92. The van der Waals surface area contributed by atoms with Gasteiger partial charge in [0.25, 0.3) is 0 Å².